The summed E-state index contributed by atoms with van der Waals surface area (Å²) in [4.78, 5) is 12.7. The van der Waals surface area contributed by atoms with Crippen molar-refractivity contribution < 1.29 is 9.53 Å². The minimum Gasteiger partial charge on any atom is -0.462 e. The average Bonchev–Trinajstić information content (AvgIpc) is 3.32. The number of esters is 1. The average molecular weight is 583 g/mol. The Morgan fingerprint density at radius 1 is 0.738 bits per heavy atom. The molecule has 0 heterocycles. The summed E-state index contributed by atoms with van der Waals surface area (Å²) in [5, 5.41) is 0. The predicted octanol–water partition coefficient (Wildman–Crippen LogP) is 12.5. The van der Waals surface area contributed by atoms with Crippen LogP contribution in [0.1, 0.15) is 195 Å². The summed E-state index contributed by atoms with van der Waals surface area (Å²) in [6.45, 7) is 9.91. The number of hydrogen-bond donors (Lipinski definition) is 0. The molecule has 0 bridgehead atoms. The van der Waals surface area contributed by atoms with Crippen LogP contribution in [0, 0.1) is 34.5 Å². The molecule has 0 aromatic carbocycles. The molecule has 42 heavy (non-hydrogen) atoms. The summed E-state index contributed by atoms with van der Waals surface area (Å²) in [7, 11) is 0. The van der Waals surface area contributed by atoms with Crippen LogP contribution in [-0.4, -0.2) is 12.1 Å². The van der Waals surface area contributed by atoms with Gasteiger partial charge in [0.15, 0.2) is 0 Å². The molecule has 3 saturated carbocycles. The fraction of sp³-hybridized carbons (Fsp3) is 0.925. The van der Waals surface area contributed by atoms with E-state index in [2.05, 4.69) is 33.8 Å². The molecule has 0 spiro atoms. The fourth-order valence-electron chi connectivity index (χ4n) is 10.5. The third kappa shape index (κ3) is 8.68. The number of rotatable bonds is 19. The Morgan fingerprint density at radius 2 is 1.36 bits per heavy atom. The molecule has 0 aliphatic heterocycles. The predicted molar refractivity (Wildman–Crippen MR) is 180 cm³/mol. The standard InChI is InChI=1S/C40H70O2/c1-5-7-9-11-13-14-15-16-18-20-22-38(41)42-34-27-29-40(4)33(31-34)23-25-35-36-26-24-32(21-19-17-12-10-8-6-2)39(36,3)30-28-37(35)40/h23,32,34-37H,5-22,24-31H2,1-4H3. The summed E-state index contributed by atoms with van der Waals surface area (Å²) < 4.78 is 6.09. The van der Waals surface area contributed by atoms with E-state index in [0.717, 1.165) is 42.9 Å². The van der Waals surface area contributed by atoms with E-state index in [4.69, 9.17) is 4.74 Å². The first-order valence-corrected chi connectivity index (χ1v) is 19.3. The first-order chi connectivity index (χ1) is 20.4. The summed E-state index contributed by atoms with van der Waals surface area (Å²) in [6.07, 6.45) is 37.0. The van der Waals surface area contributed by atoms with Crippen molar-refractivity contribution in [3.05, 3.63) is 11.6 Å². The van der Waals surface area contributed by atoms with Crippen LogP contribution in [0.3, 0.4) is 0 Å². The molecule has 0 radical (unpaired) electrons. The number of carbonyl (C=O) groups is 1. The molecule has 0 amide bonds. The highest BCUT2D eigenvalue weighted by Gasteiger charge is 2.58. The molecule has 0 aromatic heterocycles. The van der Waals surface area contributed by atoms with E-state index in [1.807, 2.05) is 0 Å². The van der Waals surface area contributed by atoms with Crippen molar-refractivity contribution in [2.45, 2.75) is 201 Å². The Labute approximate surface area is 262 Å². The van der Waals surface area contributed by atoms with E-state index < -0.39 is 0 Å². The van der Waals surface area contributed by atoms with Crippen LogP contribution >= 0.6 is 0 Å². The van der Waals surface area contributed by atoms with Gasteiger partial charge >= 0.3 is 5.97 Å². The van der Waals surface area contributed by atoms with Crippen LogP contribution in [0.15, 0.2) is 11.6 Å². The minimum absolute atomic E-state index is 0.0632. The lowest BCUT2D eigenvalue weighted by Crippen LogP contribution is -2.50. The Balaban J connectivity index is 1.18. The first-order valence-electron chi connectivity index (χ1n) is 19.3. The molecule has 0 N–H and O–H groups in total. The van der Waals surface area contributed by atoms with E-state index in [0.29, 0.717) is 17.3 Å². The second-order valence-corrected chi connectivity index (χ2v) is 15.9. The largest absolute Gasteiger partial charge is 0.462 e. The number of carbonyl (C=O) groups excluding carboxylic acids is 1. The van der Waals surface area contributed by atoms with Gasteiger partial charge in [0.25, 0.3) is 0 Å². The van der Waals surface area contributed by atoms with Gasteiger partial charge in [-0.15, -0.1) is 0 Å². The van der Waals surface area contributed by atoms with Gasteiger partial charge in [-0.2, -0.15) is 0 Å². The topological polar surface area (TPSA) is 26.3 Å². The molecule has 2 heteroatoms. The van der Waals surface area contributed by atoms with Crippen molar-refractivity contribution in [1.29, 1.82) is 0 Å². The van der Waals surface area contributed by atoms with Gasteiger partial charge in [0, 0.05) is 12.8 Å². The maximum absolute atomic E-state index is 12.7. The van der Waals surface area contributed by atoms with Crippen molar-refractivity contribution in [3.8, 4) is 0 Å². The summed E-state index contributed by atoms with van der Waals surface area (Å²) >= 11 is 0. The molecule has 4 aliphatic carbocycles. The van der Waals surface area contributed by atoms with E-state index in [1.54, 1.807) is 5.57 Å². The Hall–Kier alpha value is -0.790. The fourth-order valence-corrected chi connectivity index (χ4v) is 10.5. The lowest BCUT2D eigenvalue weighted by Gasteiger charge is -2.58. The summed E-state index contributed by atoms with van der Waals surface area (Å²) in [6, 6.07) is 0. The van der Waals surface area contributed by atoms with Crippen molar-refractivity contribution in [3.63, 3.8) is 0 Å². The Kier molecular flexibility index (Phi) is 13.8. The van der Waals surface area contributed by atoms with E-state index in [9.17, 15) is 4.79 Å². The van der Waals surface area contributed by atoms with Crippen LogP contribution in [0.25, 0.3) is 0 Å². The zero-order chi connectivity index (χ0) is 29.8. The number of ether oxygens (including phenoxy) is 1. The maximum atomic E-state index is 12.7. The van der Waals surface area contributed by atoms with Gasteiger partial charge in [0.1, 0.15) is 6.10 Å². The maximum Gasteiger partial charge on any atom is 0.306 e. The van der Waals surface area contributed by atoms with Gasteiger partial charge in [0.2, 0.25) is 0 Å². The molecular formula is C40H70O2. The van der Waals surface area contributed by atoms with Gasteiger partial charge in [-0.1, -0.05) is 136 Å². The highest BCUT2D eigenvalue weighted by Crippen LogP contribution is 2.66. The highest BCUT2D eigenvalue weighted by atomic mass is 16.5. The van der Waals surface area contributed by atoms with Crippen LogP contribution < -0.4 is 0 Å². The molecule has 0 aromatic rings. The van der Waals surface area contributed by atoms with Crippen LogP contribution in [0.5, 0.6) is 0 Å². The second-order valence-electron chi connectivity index (χ2n) is 15.9. The van der Waals surface area contributed by atoms with Crippen molar-refractivity contribution in [2.75, 3.05) is 0 Å². The van der Waals surface area contributed by atoms with E-state index in [1.165, 1.54) is 141 Å². The molecule has 2 nitrogen and oxygen atoms in total. The number of fused-ring (bicyclic) bond motifs is 5. The van der Waals surface area contributed by atoms with Gasteiger partial charge < -0.3 is 4.74 Å². The number of hydrogen-bond acceptors (Lipinski definition) is 2. The molecule has 7 unspecified atom stereocenters. The first kappa shape index (κ1) is 34.1. The Morgan fingerprint density at radius 3 is 2.02 bits per heavy atom. The second kappa shape index (κ2) is 17.1. The van der Waals surface area contributed by atoms with Crippen LogP contribution in [0.4, 0.5) is 0 Å². The van der Waals surface area contributed by atoms with Gasteiger partial charge in [0.05, 0.1) is 0 Å². The molecule has 7 atom stereocenters. The monoisotopic (exact) mass is 583 g/mol. The lowest BCUT2D eigenvalue weighted by atomic mass is 9.47. The van der Waals surface area contributed by atoms with E-state index in [-0.39, 0.29) is 12.1 Å². The zero-order valence-electron chi connectivity index (χ0n) is 28.7. The summed E-state index contributed by atoms with van der Waals surface area (Å²) in [5.41, 5.74) is 2.59. The third-order valence-electron chi connectivity index (χ3n) is 13.2. The highest BCUT2D eigenvalue weighted by molar-refractivity contribution is 5.69. The summed E-state index contributed by atoms with van der Waals surface area (Å²) in [5.74, 6) is 3.72. The van der Waals surface area contributed by atoms with Gasteiger partial charge in [-0.05, 0) is 92.3 Å². The molecule has 0 saturated heterocycles. The normalized spacial score (nSPS) is 33.9. The van der Waals surface area contributed by atoms with Crippen molar-refractivity contribution in [2.24, 2.45) is 34.5 Å². The van der Waals surface area contributed by atoms with Gasteiger partial charge in [-0.3, -0.25) is 4.79 Å². The zero-order valence-corrected chi connectivity index (χ0v) is 28.7. The molecule has 4 aliphatic rings. The molecule has 4 rings (SSSR count). The van der Waals surface area contributed by atoms with Gasteiger partial charge in [-0.25, -0.2) is 0 Å². The number of unbranched alkanes of at least 4 members (excludes halogenated alkanes) is 14. The van der Waals surface area contributed by atoms with Crippen LogP contribution in [0.2, 0.25) is 0 Å². The minimum atomic E-state index is 0.0632. The van der Waals surface area contributed by atoms with Crippen molar-refractivity contribution in [1.82, 2.24) is 0 Å². The third-order valence-corrected chi connectivity index (χ3v) is 13.2. The SMILES string of the molecule is CCCCCCCCCCCCC(=O)OC1CCC2(C)C(=CCC3C2CCC2(C)C(CCCCCCCC)CCC32)C1. The van der Waals surface area contributed by atoms with Crippen LogP contribution in [-0.2, 0) is 9.53 Å². The molecular weight excluding hydrogens is 512 g/mol. The Bertz CT molecular complexity index is 829. The van der Waals surface area contributed by atoms with E-state index >= 15 is 0 Å². The molecule has 3 fully saturated rings. The lowest BCUT2D eigenvalue weighted by molar-refractivity contribution is -0.151. The smallest absolute Gasteiger partial charge is 0.306 e. The molecule has 242 valence electrons. The quantitative estimate of drug-likeness (QED) is 0.0860. The number of allylic oxidation sites excluding steroid dienone is 1. The van der Waals surface area contributed by atoms with Crippen molar-refractivity contribution >= 4 is 5.97 Å².